The van der Waals surface area contributed by atoms with E-state index < -0.39 is 0 Å². The van der Waals surface area contributed by atoms with Gasteiger partial charge in [-0.1, -0.05) is 22.9 Å². The lowest BCUT2D eigenvalue weighted by Gasteiger charge is -2.16. The third-order valence-corrected chi connectivity index (χ3v) is 3.56. The summed E-state index contributed by atoms with van der Waals surface area (Å²) in [6.07, 6.45) is 2.33. The van der Waals surface area contributed by atoms with E-state index in [-0.39, 0.29) is 11.9 Å². The molecular weight excluding hydrogens is 337 g/mol. The number of anilines is 4. The number of halogens is 2. The normalized spacial score (nSPS) is 12.0. The minimum Gasteiger partial charge on any atom is -0.393 e. The van der Waals surface area contributed by atoms with E-state index >= 15 is 0 Å². The van der Waals surface area contributed by atoms with Crippen molar-refractivity contribution in [3.05, 3.63) is 34.8 Å². The Hall–Kier alpha value is -1.89. The molecule has 1 aromatic heterocycles. The minimum absolute atomic E-state index is 0.236. The zero-order valence-corrected chi connectivity index (χ0v) is 13.4. The fourth-order valence-electron chi connectivity index (χ4n) is 1.66. The zero-order chi connectivity index (χ0) is 15.4. The summed E-state index contributed by atoms with van der Waals surface area (Å²) in [5, 5.41) is 6.08. The van der Waals surface area contributed by atoms with Crippen LogP contribution in [0, 0.1) is 5.82 Å². The van der Waals surface area contributed by atoms with Gasteiger partial charge in [0.2, 0.25) is 0 Å². The molecule has 1 unspecified atom stereocenters. The smallest absolute Gasteiger partial charge is 0.159 e. The van der Waals surface area contributed by atoms with Crippen LogP contribution >= 0.6 is 15.9 Å². The molecule has 0 saturated carbocycles. The number of nitrogens with one attached hydrogen (secondary N) is 2. The van der Waals surface area contributed by atoms with Gasteiger partial charge in [-0.2, -0.15) is 0 Å². The first-order chi connectivity index (χ1) is 10.0. The lowest BCUT2D eigenvalue weighted by Crippen LogP contribution is -2.16. The van der Waals surface area contributed by atoms with Crippen molar-refractivity contribution in [2.24, 2.45) is 0 Å². The summed E-state index contributed by atoms with van der Waals surface area (Å²) in [7, 11) is 0. The Kier molecular flexibility index (Phi) is 4.95. The number of nitrogens with zero attached hydrogens (tertiary/aromatic N) is 2. The molecule has 21 heavy (non-hydrogen) atoms. The number of hydrogen-bond donors (Lipinski definition) is 3. The van der Waals surface area contributed by atoms with E-state index in [1.807, 2.05) is 6.92 Å². The molecule has 0 fully saturated rings. The number of aromatic nitrogens is 2. The van der Waals surface area contributed by atoms with Gasteiger partial charge in [0.1, 0.15) is 17.8 Å². The van der Waals surface area contributed by atoms with Crippen LogP contribution in [-0.4, -0.2) is 16.0 Å². The molecule has 0 aliphatic carbocycles. The first-order valence-electron chi connectivity index (χ1n) is 6.60. The maximum absolute atomic E-state index is 13.8. The van der Waals surface area contributed by atoms with Crippen molar-refractivity contribution in [1.29, 1.82) is 0 Å². The number of hydrogen-bond acceptors (Lipinski definition) is 5. The second-order valence-corrected chi connectivity index (χ2v) is 5.60. The Morgan fingerprint density at radius 2 is 2.05 bits per heavy atom. The van der Waals surface area contributed by atoms with Gasteiger partial charge in [-0.3, -0.25) is 0 Å². The van der Waals surface area contributed by atoms with Crippen molar-refractivity contribution in [2.75, 3.05) is 16.4 Å². The van der Waals surface area contributed by atoms with Crippen molar-refractivity contribution < 1.29 is 4.39 Å². The molecule has 4 N–H and O–H groups in total. The van der Waals surface area contributed by atoms with Gasteiger partial charge >= 0.3 is 0 Å². The largest absolute Gasteiger partial charge is 0.393 e. The summed E-state index contributed by atoms with van der Waals surface area (Å²) in [6, 6.07) is 4.96. The monoisotopic (exact) mass is 353 g/mol. The van der Waals surface area contributed by atoms with E-state index in [9.17, 15) is 4.39 Å². The van der Waals surface area contributed by atoms with Crippen molar-refractivity contribution in [2.45, 2.75) is 26.3 Å². The van der Waals surface area contributed by atoms with Gasteiger partial charge in [0.25, 0.3) is 0 Å². The van der Waals surface area contributed by atoms with Crippen LogP contribution in [0.4, 0.5) is 27.4 Å². The van der Waals surface area contributed by atoms with Gasteiger partial charge in [0, 0.05) is 10.5 Å². The molecule has 0 radical (unpaired) electrons. The maximum Gasteiger partial charge on any atom is 0.159 e. The fourth-order valence-corrected chi connectivity index (χ4v) is 2.00. The molecule has 0 bridgehead atoms. The van der Waals surface area contributed by atoms with Crippen LogP contribution in [0.2, 0.25) is 0 Å². The standard InChI is InChI=1S/C14H17BrFN5/c1-3-8(2)20-13-12(17)14(19-7-18-13)21-11-5-4-9(15)6-10(11)16/h4-8H,3,17H2,1-2H3,(H2,18,19,20,21). The molecule has 1 atom stereocenters. The van der Waals surface area contributed by atoms with Gasteiger partial charge in [0.15, 0.2) is 11.6 Å². The second kappa shape index (κ2) is 6.71. The average Bonchev–Trinajstić information content (AvgIpc) is 2.45. The predicted molar refractivity (Wildman–Crippen MR) is 87.2 cm³/mol. The SMILES string of the molecule is CCC(C)Nc1ncnc(Nc2ccc(Br)cc2F)c1N. The van der Waals surface area contributed by atoms with E-state index in [4.69, 9.17) is 5.73 Å². The summed E-state index contributed by atoms with van der Waals surface area (Å²) < 4.78 is 14.5. The first kappa shape index (κ1) is 15.5. The molecule has 112 valence electrons. The molecule has 0 spiro atoms. The van der Waals surface area contributed by atoms with Crippen molar-refractivity contribution in [3.8, 4) is 0 Å². The molecule has 1 heterocycles. The molecule has 1 aromatic carbocycles. The van der Waals surface area contributed by atoms with Crippen molar-refractivity contribution in [1.82, 2.24) is 9.97 Å². The highest BCUT2D eigenvalue weighted by Crippen LogP contribution is 2.28. The molecule has 2 aromatic rings. The molecule has 7 heteroatoms. The summed E-state index contributed by atoms with van der Waals surface area (Å²) in [6.45, 7) is 4.09. The summed E-state index contributed by atoms with van der Waals surface area (Å²) in [4.78, 5) is 8.18. The molecule has 0 saturated heterocycles. The molecule has 0 amide bonds. The van der Waals surface area contributed by atoms with Crippen LogP contribution in [0.3, 0.4) is 0 Å². The molecule has 0 aliphatic heterocycles. The van der Waals surface area contributed by atoms with Gasteiger partial charge in [-0.25, -0.2) is 14.4 Å². The third kappa shape index (κ3) is 3.81. The Labute approximate surface area is 131 Å². The van der Waals surface area contributed by atoms with E-state index in [0.717, 1.165) is 6.42 Å². The summed E-state index contributed by atoms with van der Waals surface area (Å²) in [5.74, 6) is 0.523. The lowest BCUT2D eigenvalue weighted by molar-refractivity contribution is 0.631. The van der Waals surface area contributed by atoms with E-state index in [1.165, 1.54) is 12.4 Å². The highest BCUT2D eigenvalue weighted by Gasteiger charge is 2.11. The average molecular weight is 354 g/mol. The number of rotatable bonds is 5. The Morgan fingerprint density at radius 3 is 2.71 bits per heavy atom. The predicted octanol–water partition coefficient (Wildman–Crippen LogP) is 3.91. The summed E-state index contributed by atoms with van der Waals surface area (Å²) >= 11 is 3.21. The van der Waals surface area contributed by atoms with Gasteiger partial charge in [-0.15, -0.1) is 0 Å². The van der Waals surface area contributed by atoms with Crippen LogP contribution in [0.25, 0.3) is 0 Å². The Morgan fingerprint density at radius 1 is 1.33 bits per heavy atom. The molecule has 2 rings (SSSR count). The quantitative estimate of drug-likeness (QED) is 0.759. The maximum atomic E-state index is 13.8. The first-order valence-corrected chi connectivity index (χ1v) is 7.39. The van der Waals surface area contributed by atoms with Gasteiger partial charge in [0.05, 0.1) is 5.69 Å². The number of nitrogen functional groups attached to an aromatic ring is 1. The van der Waals surface area contributed by atoms with E-state index in [0.29, 0.717) is 27.5 Å². The fraction of sp³-hybridized carbons (Fsp3) is 0.286. The number of benzene rings is 1. The highest BCUT2D eigenvalue weighted by molar-refractivity contribution is 9.10. The topological polar surface area (TPSA) is 75.9 Å². The van der Waals surface area contributed by atoms with Crippen LogP contribution in [0.15, 0.2) is 29.0 Å². The minimum atomic E-state index is -0.390. The van der Waals surface area contributed by atoms with Gasteiger partial charge in [-0.05, 0) is 31.5 Å². The lowest BCUT2D eigenvalue weighted by atomic mass is 10.2. The van der Waals surface area contributed by atoms with Crippen molar-refractivity contribution in [3.63, 3.8) is 0 Å². The number of nitrogens with two attached hydrogens (primary N) is 1. The molecule has 0 aliphatic rings. The molecule has 5 nitrogen and oxygen atoms in total. The van der Waals surface area contributed by atoms with Crippen LogP contribution < -0.4 is 16.4 Å². The van der Waals surface area contributed by atoms with Gasteiger partial charge < -0.3 is 16.4 Å². The zero-order valence-electron chi connectivity index (χ0n) is 11.8. The van der Waals surface area contributed by atoms with Crippen LogP contribution in [-0.2, 0) is 0 Å². The van der Waals surface area contributed by atoms with E-state index in [2.05, 4.69) is 43.5 Å². The van der Waals surface area contributed by atoms with E-state index in [1.54, 1.807) is 12.1 Å². The molecular formula is C14H17BrFN5. The third-order valence-electron chi connectivity index (χ3n) is 3.06. The second-order valence-electron chi connectivity index (χ2n) is 4.69. The Balaban J connectivity index is 2.26. The Bertz CT molecular complexity index is 635. The van der Waals surface area contributed by atoms with Crippen LogP contribution in [0.5, 0.6) is 0 Å². The van der Waals surface area contributed by atoms with Crippen LogP contribution in [0.1, 0.15) is 20.3 Å². The van der Waals surface area contributed by atoms with Crippen molar-refractivity contribution >= 4 is 38.9 Å². The summed E-state index contributed by atoms with van der Waals surface area (Å²) in [5.41, 5.74) is 6.70. The highest BCUT2D eigenvalue weighted by atomic mass is 79.9.